The van der Waals surface area contributed by atoms with Crippen molar-refractivity contribution in [3.63, 3.8) is 0 Å². The Kier molecular flexibility index (Phi) is 3.73. The van der Waals surface area contributed by atoms with Gasteiger partial charge in [-0.05, 0) is 23.8 Å². The summed E-state index contributed by atoms with van der Waals surface area (Å²) in [6.45, 7) is 0.403. The normalized spacial score (nSPS) is 10.3. The molecule has 5 heteroatoms. The quantitative estimate of drug-likeness (QED) is 0.797. The number of hydrogen-bond acceptors (Lipinski definition) is 4. The van der Waals surface area contributed by atoms with Crippen LogP contribution in [0.2, 0.25) is 0 Å². The Hall–Kier alpha value is -2.95. The highest BCUT2D eigenvalue weighted by molar-refractivity contribution is 5.92. The summed E-state index contributed by atoms with van der Waals surface area (Å²) in [6.07, 6.45) is 4.76. The third-order valence-electron chi connectivity index (χ3n) is 2.93. The fourth-order valence-electron chi connectivity index (χ4n) is 1.87. The zero-order valence-electron chi connectivity index (χ0n) is 11.2. The van der Waals surface area contributed by atoms with E-state index >= 15 is 0 Å². The van der Waals surface area contributed by atoms with Gasteiger partial charge >= 0.3 is 0 Å². The first kappa shape index (κ1) is 13.1. The molecular formula is C16H13N3O2. The predicted molar refractivity (Wildman–Crippen MR) is 77.3 cm³/mol. The van der Waals surface area contributed by atoms with Crippen LogP contribution in [-0.2, 0) is 6.54 Å². The fourth-order valence-corrected chi connectivity index (χ4v) is 1.87. The molecular weight excluding hydrogens is 266 g/mol. The Bertz CT molecular complexity index is 724. The van der Waals surface area contributed by atoms with Gasteiger partial charge in [-0.3, -0.25) is 9.78 Å². The minimum absolute atomic E-state index is 0.262. The van der Waals surface area contributed by atoms with E-state index in [4.69, 9.17) is 4.42 Å². The molecule has 0 unspecified atom stereocenters. The van der Waals surface area contributed by atoms with Gasteiger partial charge in [0.25, 0.3) is 5.91 Å². The minimum Gasteiger partial charge on any atom is -0.444 e. The molecule has 0 aliphatic heterocycles. The van der Waals surface area contributed by atoms with Crippen LogP contribution >= 0.6 is 0 Å². The maximum Gasteiger partial charge on any atom is 0.273 e. The summed E-state index contributed by atoms with van der Waals surface area (Å²) in [5.74, 6) is 0.159. The van der Waals surface area contributed by atoms with Crippen LogP contribution in [0.3, 0.4) is 0 Å². The Labute approximate surface area is 121 Å². The molecule has 0 atom stereocenters. The van der Waals surface area contributed by atoms with E-state index in [1.165, 1.54) is 6.26 Å². The van der Waals surface area contributed by atoms with Crippen LogP contribution in [-0.4, -0.2) is 15.9 Å². The highest BCUT2D eigenvalue weighted by atomic mass is 16.3. The summed E-state index contributed by atoms with van der Waals surface area (Å²) in [6, 6.07) is 13.2. The lowest BCUT2D eigenvalue weighted by atomic mass is 10.2. The molecule has 0 aliphatic rings. The van der Waals surface area contributed by atoms with Gasteiger partial charge in [0.1, 0.15) is 6.26 Å². The molecule has 0 saturated heterocycles. The van der Waals surface area contributed by atoms with Crippen molar-refractivity contribution in [1.29, 1.82) is 0 Å². The van der Waals surface area contributed by atoms with Gasteiger partial charge in [0.2, 0.25) is 5.89 Å². The average Bonchev–Trinajstić information content (AvgIpc) is 3.04. The maximum atomic E-state index is 12.0. The molecule has 5 nitrogen and oxygen atoms in total. The third kappa shape index (κ3) is 3.14. The highest BCUT2D eigenvalue weighted by Crippen LogP contribution is 2.17. The number of aromatic nitrogens is 2. The van der Waals surface area contributed by atoms with Crippen LogP contribution in [0.15, 0.2) is 65.5 Å². The van der Waals surface area contributed by atoms with Crippen LogP contribution in [0.5, 0.6) is 0 Å². The van der Waals surface area contributed by atoms with Crippen molar-refractivity contribution in [3.8, 4) is 11.5 Å². The molecule has 104 valence electrons. The van der Waals surface area contributed by atoms with Gasteiger partial charge in [0, 0.05) is 24.5 Å². The highest BCUT2D eigenvalue weighted by Gasteiger charge is 2.12. The molecule has 21 heavy (non-hydrogen) atoms. The van der Waals surface area contributed by atoms with Crippen molar-refractivity contribution in [3.05, 3.63) is 72.4 Å². The largest absolute Gasteiger partial charge is 0.444 e. The van der Waals surface area contributed by atoms with E-state index in [0.29, 0.717) is 12.4 Å². The lowest BCUT2D eigenvalue weighted by molar-refractivity contribution is 0.0946. The molecule has 0 fully saturated rings. The second-order valence-corrected chi connectivity index (χ2v) is 4.45. The lowest BCUT2D eigenvalue weighted by Gasteiger charge is -2.01. The summed E-state index contributed by atoms with van der Waals surface area (Å²) in [5.41, 5.74) is 2.03. The molecule has 0 aliphatic carbocycles. The van der Waals surface area contributed by atoms with Gasteiger partial charge in [0.05, 0.1) is 0 Å². The topological polar surface area (TPSA) is 68.0 Å². The van der Waals surface area contributed by atoms with E-state index in [1.807, 2.05) is 42.5 Å². The summed E-state index contributed by atoms with van der Waals surface area (Å²) < 4.78 is 5.34. The number of rotatable bonds is 4. The second kappa shape index (κ2) is 6.00. The average molecular weight is 279 g/mol. The first-order valence-electron chi connectivity index (χ1n) is 6.51. The zero-order valence-corrected chi connectivity index (χ0v) is 11.2. The summed E-state index contributed by atoms with van der Waals surface area (Å²) in [5, 5.41) is 2.78. The van der Waals surface area contributed by atoms with Crippen LogP contribution in [0, 0.1) is 0 Å². The standard InChI is InChI=1S/C16H13N3O2/c20-15(18-10-12-5-4-8-17-9-12)14-11-21-16(19-14)13-6-2-1-3-7-13/h1-9,11H,10H2,(H,18,20). The summed E-state index contributed by atoms with van der Waals surface area (Å²) >= 11 is 0. The van der Waals surface area contributed by atoms with Gasteiger partial charge in [-0.1, -0.05) is 24.3 Å². The molecule has 3 rings (SSSR count). The molecule has 0 radical (unpaired) electrons. The van der Waals surface area contributed by atoms with Gasteiger partial charge in [-0.15, -0.1) is 0 Å². The number of nitrogens with one attached hydrogen (secondary N) is 1. The Morgan fingerprint density at radius 3 is 2.76 bits per heavy atom. The molecule has 0 bridgehead atoms. The van der Waals surface area contributed by atoms with E-state index < -0.39 is 0 Å². The van der Waals surface area contributed by atoms with Crippen molar-refractivity contribution in [2.24, 2.45) is 0 Å². The second-order valence-electron chi connectivity index (χ2n) is 4.45. The number of benzene rings is 1. The number of carbonyl (C=O) groups is 1. The fraction of sp³-hybridized carbons (Fsp3) is 0.0625. The number of nitrogens with zero attached hydrogens (tertiary/aromatic N) is 2. The molecule has 1 aromatic carbocycles. The van der Waals surface area contributed by atoms with Crippen molar-refractivity contribution < 1.29 is 9.21 Å². The number of oxazole rings is 1. The lowest BCUT2D eigenvalue weighted by Crippen LogP contribution is -2.23. The molecule has 0 saturated carbocycles. The van der Waals surface area contributed by atoms with E-state index in [1.54, 1.807) is 12.4 Å². The first-order chi connectivity index (χ1) is 10.3. The molecule has 1 amide bonds. The van der Waals surface area contributed by atoms with E-state index in [-0.39, 0.29) is 11.6 Å². The molecule has 2 heterocycles. The monoisotopic (exact) mass is 279 g/mol. The third-order valence-corrected chi connectivity index (χ3v) is 2.93. The van der Waals surface area contributed by atoms with Crippen molar-refractivity contribution in [2.45, 2.75) is 6.54 Å². The zero-order chi connectivity index (χ0) is 14.5. The number of pyridine rings is 1. The first-order valence-corrected chi connectivity index (χ1v) is 6.51. The summed E-state index contributed by atoms with van der Waals surface area (Å²) in [4.78, 5) is 20.2. The summed E-state index contributed by atoms with van der Waals surface area (Å²) in [7, 11) is 0. The smallest absolute Gasteiger partial charge is 0.273 e. The number of amides is 1. The van der Waals surface area contributed by atoms with Gasteiger partial charge in [-0.25, -0.2) is 4.98 Å². The molecule has 2 aromatic heterocycles. The maximum absolute atomic E-state index is 12.0. The van der Waals surface area contributed by atoms with Crippen LogP contribution in [0.25, 0.3) is 11.5 Å². The van der Waals surface area contributed by atoms with Gasteiger partial charge in [-0.2, -0.15) is 0 Å². The minimum atomic E-state index is -0.273. The Morgan fingerprint density at radius 2 is 2.00 bits per heavy atom. The molecule has 1 N–H and O–H groups in total. The van der Waals surface area contributed by atoms with Crippen molar-refractivity contribution in [1.82, 2.24) is 15.3 Å². The van der Waals surface area contributed by atoms with E-state index in [2.05, 4.69) is 15.3 Å². The van der Waals surface area contributed by atoms with Crippen LogP contribution in [0.1, 0.15) is 16.1 Å². The van der Waals surface area contributed by atoms with Gasteiger partial charge < -0.3 is 9.73 Å². The SMILES string of the molecule is O=C(NCc1cccnc1)c1coc(-c2ccccc2)n1. The van der Waals surface area contributed by atoms with E-state index in [0.717, 1.165) is 11.1 Å². The van der Waals surface area contributed by atoms with Gasteiger partial charge in [0.15, 0.2) is 5.69 Å². The molecule has 0 spiro atoms. The predicted octanol–water partition coefficient (Wildman–Crippen LogP) is 2.67. The van der Waals surface area contributed by atoms with Crippen molar-refractivity contribution in [2.75, 3.05) is 0 Å². The number of hydrogen-bond donors (Lipinski definition) is 1. The molecule has 3 aromatic rings. The Balaban J connectivity index is 1.67. The van der Waals surface area contributed by atoms with Crippen LogP contribution < -0.4 is 5.32 Å². The Morgan fingerprint density at radius 1 is 1.14 bits per heavy atom. The van der Waals surface area contributed by atoms with Crippen molar-refractivity contribution >= 4 is 5.91 Å². The van der Waals surface area contributed by atoms with Crippen LogP contribution in [0.4, 0.5) is 0 Å². The number of carbonyl (C=O) groups excluding carboxylic acids is 1. The van der Waals surface area contributed by atoms with E-state index in [9.17, 15) is 4.79 Å².